The topological polar surface area (TPSA) is 34.9 Å². The fourth-order valence-electron chi connectivity index (χ4n) is 4.09. The normalized spacial score (nSPS) is 11.6. The number of rotatable bonds is 6. The first-order valence-electron chi connectivity index (χ1n) is 10.0. The average molecular weight is 415 g/mol. The molecule has 3 aromatic carbocycles. The molecule has 0 fully saturated rings. The summed E-state index contributed by atoms with van der Waals surface area (Å²) in [6.45, 7) is 4.04. The SMILES string of the molecule is CC(C)c1nn(C(c2ccccc2)(c2ccccc2)c2ccccc2)c(Cl)c1C=O. The van der Waals surface area contributed by atoms with Gasteiger partial charge < -0.3 is 0 Å². The van der Waals surface area contributed by atoms with E-state index in [2.05, 4.69) is 36.4 Å². The van der Waals surface area contributed by atoms with E-state index < -0.39 is 5.54 Å². The van der Waals surface area contributed by atoms with Gasteiger partial charge in [-0.2, -0.15) is 5.10 Å². The van der Waals surface area contributed by atoms with Crippen LogP contribution in [0.1, 0.15) is 52.5 Å². The van der Waals surface area contributed by atoms with E-state index >= 15 is 0 Å². The van der Waals surface area contributed by atoms with Crippen LogP contribution in [0.25, 0.3) is 0 Å². The maximum atomic E-state index is 12.0. The first-order valence-corrected chi connectivity index (χ1v) is 10.4. The summed E-state index contributed by atoms with van der Waals surface area (Å²) in [4.78, 5) is 12.0. The minimum absolute atomic E-state index is 0.0592. The van der Waals surface area contributed by atoms with E-state index in [0.29, 0.717) is 16.4 Å². The van der Waals surface area contributed by atoms with Crippen LogP contribution in [0, 0.1) is 0 Å². The Kier molecular flexibility index (Phi) is 5.56. The lowest BCUT2D eigenvalue weighted by Crippen LogP contribution is -2.39. The summed E-state index contributed by atoms with van der Waals surface area (Å²) in [5.41, 5.74) is 3.35. The van der Waals surface area contributed by atoms with Crippen LogP contribution in [0.4, 0.5) is 0 Å². The highest BCUT2D eigenvalue weighted by atomic mass is 35.5. The number of halogens is 1. The van der Waals surface area contributed by atoms with Crippen LogP contribution in [0.2, 0.25) is 5.15 Å². The molecule has 0 bridgehead atoms. The predicted molar refractivity (Wildman–Crippen MR) is 121 cm³/mol. The molecule has 0 atom stereocenters. The molecule has 30 heavy (non-hydrogen) atoms. The second-order valence-corrected chi connectivity index (χ2v) is 7.94. The van der Waals surface area contributed by atoms with Crippen LogP contribution in [0.5, 0.6) is 0 Å². The fourth-order valence-corrected chi connectivity index (χ4v) is 4.39. The smallest absolute Gasteiger partial charge is 0.155 e. The number of carbonyl (C=O) groups excluding carboxylic acids is 1. The Morgan fingerprint density at radius 2 is 1.20 bits per heavy atom. The van der Waals surface area contributed by atoms with Crippen molar-refractivity contribution in [3.8, 4) is 0 Å². The predicted octanol–water partition coefficient (Wildman–Crippen LogP) is 6.31. The number of aromatic nitrogens is 2. The molecule has 1 heterocycles. The quantitative estimate of drug-likeness (QED) is 0.273. The average Bonchev–Trinajstić information content (AvgIpc) is 3.13. The Bertz CT molecular complexity index is 1040. The first kappa shape index (κ1) is 20.1. The van der Waals surface area contributed by atoms with E-state index in [0.717, 1.165) is 23.0 Å². The molecule has 150 valence electrons. The van der Waals surface area contributed by atoms with Crippen LogP contribution >= 0.6 is 11.6 Å². The van der Waals surface area contributed by atoms with Crippen LogP contribution in [-0.4, -0.2) is 16.1 Å². The van der Waals surface area contributed by atoms with Crippen molar-refractivity contribution >= 4 is 17.9 Å². The van der Waals surface area contributed by atoms with Crippen LogP contribution in [0.3, 0.4) is 0 Å². The molecule has 0 spiro atoms. The Hall–Kier alpha value is -3.17. The van der Waals surface area contributed by atoms with Crippen LogP contribution < -0.4 is 0 Å². The van der Waals surface area contributed by atoms with Gasteiger partial charge in [0, 0.05) is 0 Å². The van der Waals surface area contributed by atoms with Crippen LogP contribution in [-0.2, 0) is 5.54 Å². The summed E-state index contributed by atoms with van der Waals surface area (Å²) >= 11 is 6.88. The van der Waals surface area contributed by atoms with E-state index in [1.165, 1.54) is 0 Å². The lowest BCUT2D eigenvalue weighted by molar-refractivity contribution is 0.112. The molecule has 4 rings (SSSR count). The van der Waals surface area contributed by atoms with Crippen molar-refractivity contribution in [1.82, 2.24) is 9.78 Å². The molecule has 0 unspecified atom stereocenters. The molecule has 0 saturated heterocycles. The number of hydrogen-bond acceptors (Lipinski definition) is 2. The third-order valence-electron chi connectivity index (χ3n) is 5.45. The largest absolute Gasteiger partial charge is 0.298 e. The van der Waals surface area contributed by atoms with Gasteiger partial charge in [0.05, 0.1) is 11.3 Å². The maximum absolute atomic E-state index is 12.0. The van der Waals surface area contributed by atoms with Gasteiger partial charge in [-0.1, -0.05) is 116 Å². The minimum Gasteiger partial charge on any atom is -0.298 e. The highest BCUT2D eigenvalue weighted by Gasteiger charge is 2.42. The monoisotopic (exact) mass is 414 g/mol. The maximum Gasteiger partial charge on any atom is 0.155 e. The number of benzene rings is 3. The molecule has 0 aliphatic rings. The summed E-state index contributed by atoms with van der Waals surface area (Å²) in [6.07, 6.45) is 0.812. The number of nitrogens with zero attached hydrogens (tertiary/aromatic N) is 2. The third-order valence-corrected chi connectivity index (χ3v) is 5.81. The number of hydrogen-bond donors (Lipinski definition) is 0. The van der Waals surface area contributed by atoms with Gasteiger partial charge in [0.15, 0.2) is 6.29 Å². The molecular formula is C26H23ClN2O. The zero-order chi connectivity index (χ0) is 21.1. The van der Waals surface area contributed by atoms with E-state index in [1.807, 2.05) is 73.1 Å². The van der Waals surface area contributed by atoms with Crippen molar-refractivity contribution < 1.29 is 4.79 Å². The van der Waals surface area contributed by atoms with Crippen molar-refractivity contribution in [2.75, 3.05) is 0 Å². The van der Waals surface area contributed by atoms with E-state index in [4.69, 9.17) is 16.7 Å². The molecule has 0 saturated carbocycles. The molecule has 0 radical (unpaired) electrons. The van der Waals surface area contributed by atoms with Gasteiger partial charge in [-0.15, -0.1) is 0 Å². The Balaban J connectivity index is 2.19. The lowest BCUT2D eigenvalue weighted by atomic mass is 9.77. The number of carbonyl (C=O) groups is 1. The number of aldehydes is 1. The van der Waals surface area contributed by atoms with Gasteiger partial charge in [-0.25, -0.2) is 4.68 Å². The lowest BCUT2D eigenvalue weighted by Gasteiger charge is -2.37. The molecule has 0 amide bonds. The molecule has 0 N–H and O–H groups in total. The Morgan fingerprint density at radius 1 is 0.800 bits per heavy atom. The van der Waals surface area contributed by atoms with Gasteiger partial charge in [0.2, 0.25) is 0 Å². The summed E-state index contributed by atoms with van der Waals surface area (Å²) < 4.78 is 1.81. The van der Waals surface area contributed by atoms with Gasteiger partial charge in [-0.3, -0.25) is 4.79 Å². The first-order chi connectivity index (χ1) is 14.6. The fraction of sp³-hybridized carbons (Fsp3) is 0.154. The van der Waals surface area contributed by atoms with Gasteiger partial charge in [0.25, 0.3) is 0 Å². The van der Waals surface area contributed by atoms with Gasteiger partial charge in [-0.05, 0) is 22.6 Å². The highest BCUT2D eigenvalue weighted by molar-refractivity contribution is 6.32. The molecule has 3 nitrogen and oxygen atoms in total. The van der Waals surface area contributed by atoms with E-state index in [-0.39, 0.29) is 5.92 Å². The van der Waals surface area contributed by atoms with Gasteiger partial charge in [0.1, 0.15) is 10.7 Å². The summed E-state index contributed by atoms with van der Waals surface area (Å²) in [5, 5.41) is 5.27. The van der Waals surface area contributed by atoms with Gasteiger partial charge >= 0.3 is 0 Å². The zero-order valence-electron chi connectivity index (χ0n) is 17.0. The Morgan fingerprint density at radius 3 is 1.50 bits per heavy atom. The van der Waals surface area contributed by atoms with Crippen LogP contribution in [0.15, 0.2) is 91.0 Å². The second-order valence-electron chi connectivity index (χ2n) is 7.58. The molecular weight excluding hydrogens is 392 g/mol. The van der Waals surface area contributed by atoms with Crippen molar-refractivity contribution in [3.05, 3.63) is 124 Å². The summed E-state index contributed by atoms with van der Waals surface area (Å²) in [7, 11) is 0. The molecule has 4 aromatic rings. The minimum atomic E-state index is -0.828. The second kappa shape index (κ2) is 8.29. The zero-order valence-corrected chi connectivity index (χ0v) is 17.8. The van der Waals surface area contributed by atoms with Crippen molar-refractivity contribution in [2.45, 2.75) is 25.3 Å². The van der Waals surface area contributed by atoms with E-state index in [9.17, 15) is 4.79 Å². The van der Waals surface area contributed by atoms with Crippen molar-refractivity contribution in [1.29, 1.82) is 0 Å². The van der Waals surface area contributed by atoms with Crippen molar-refractivity contribution in [3.63, 3.8) is 0 Å². The molecule has 1 aromatic heterocycles. The highest BCUT2D eigenvalue weighted by Crippen LogP contribution is 2.43. The van der Waals surface area contributed by atoms with Crippen molar-refractivity contribution in [2.24, 2.45) is 0 Å². The standard InChI is InChI=1S/C26H23ClN2O/c1-19(2)24-23(18-30)25(27)29(28-24)26(20-12-6-3-7-13-20,21-14-8-4-9-15-21)22-16-10-5-11-17-22/h3-19H,1-2H3. The molecule has 0 aliphatic heterocycles. The van der Waals surface area contributed by atoms with E-state index in [1.54, 1.807) is 0 Å². The molecule has 4 heteroatoms. The molecule has 0 aliphatic carbocycles. The summed E-state index contributed by atoms with van der Waals surface area (Å²) in [6, 6.07) is 30.5. The Labute approximate surface area is 181 Å². The summed E-state index contributed by atoms with van der Waals surface area (Å²) in [5.74, 6) is 0.0592. The third kappa shape index (κ3) is 3.16.